The lowest BCUT2D eigenvalue weighted by Crippen LogP contribution is -2.39. The lowest BCUT2D eigenvalue weighted by atomic mass is 10.0. The highest BCUT2D eigenvalue weighted by Gasteiger charge is 2.23. The molecule has 0 bridgehead atoms. The second-order valence-corrected chi connectivity index (χ2v) is 5.16. The van der Waals surface area contributed by atoms with E-state index in [0.29, 0.717) is 12.0 Å². The van der Waals surface area contributed by atoms with Crippen LogP contribution in [-0.4, -0.2) is 37.5 Å². The summed E-state index contributed by atoms with van der Waals surface area (Å²) < 4.78 is 0. The standard InChI is InChI=1S/C15H24N4.HI/c1-12-5-7-13(8-6-12)14(11-18-15(16)17-2)19-9-3-4-10-19;/h5-8,14H,3-4,9-11H2,1-2H3,(H3,16,17,18);1H. The molecule has 1 fully saturated rings. The summed E-state index contributed by atoms with van der Waals surface area (Å²) in [5.74, 6) is 0.510. The summed E-state index contributed by atoms with van der Waals surface area (Å²) in [6.45, 7) is 5.27. The Labute approximate surface area is 138 Å². The van der Waals surface area contributed by atoms with Crippen LogP contribution in [0.2, 0.25) is 0 Å². The number of aliphatic imine (C=N–C) groups is 1. The Morgan fingerprint density at radius 3 is 2.45 bits per heavy atom. The number of aryl methyl sites for hydroxylation is 1. The van der Waals surface area contributed by atoms with Crippen LogP contribution < -0.4 is 11.1 Å². The van der Waals surface area contributed by atoms with E-state index >= 15 is 0 Å². The highest BCUT2D eigenvalue weighted by molar-refractivity contribution is 14.0. The normalized spacial score (nSPS) is 17.6. The van der Waals surface area contributed by atoms with Gasteiger partial charge in [0.15, 0.2) is 5.96 Å². The number of nitrogens with one attached hydrogen (secondary N) is 1. The van der Waals surface area contributed by atoms with E-state index < -0.39 is 0 Å². The van der Waals surface area contributed by atoms with Gasteiger partial charge in [0.2, 0.25) is 0 Å². The van der Waals surface area contributed by atoms with Crippen LogP contribution in [0.4, 0.5) is 0 Å². The molecule has 0 radical (unpaired) electrons. The first kappa shape index (κ1) is 17.2. The zero-order chi connectivity index (χ0) is 13.7. The van der Waals surface area contributed by atoms with E-state index in [1.165, 1.54) is 37.1 Å². The van der Waals surface area contributed by atoms with Crippen molar-refractivity contribution in [1.29, 1.82) is 0 Å². The first-order valence-electron chi connectivity index (χ1n) is 6.97. The highest BCUT2D eigenvalue weighted by atomic mass is 127. The fourth-order valence-corrected chi connectivity index (χ4v) is 2.58. The van der Waals surface area contributed by atoms with Gasteiger partial charge in [-0.3, -0.25) is 9.89 Å². The topological polar surface area (TPSA) is 53.6 Å². The molecule has 0 aliphatic carbocycles. The Morgan fingerprint density at radius 1 is 1.30 bits per heavy atom. The van der Waals surface area contributed by atoms with Gasteiger partial charge >= 0.3 is 0 Å². The molecule has 1 aliphatic heterocycles. The van der Waals surface area contributed by atoms with Gasteiger partial charge in [0, 0.05) is 13.6 Å². The van der Waals surface area contributed by atoms with E-state index in [0.717, 1.165) is 6.54 Å². The van der Waals surface area contributed by atoms with Crippen LogP contribution in [0.3, 0.4) is 0 Å². The fourth-order valence-electron chi connectivity index (χ4n) is 2.58. The number of nitrogens with two attached hydrogens (primary N) is 1. The van der Waals surface area contributed by atoms with Gasteiger partial charge in [-0.25, -0.2) is 0 Å². The Bertz CT molecular complexity index is 424. The summed E-state index contributed by atoms with van der Waals surface area (Å²) in [6.07, 6.45) is 2.58. The maximum Gasteiger partial charge on any atom is 0.188 e. The molecule has 2 rings (SSSR count). The van der Waals surface area contributed by atoms with Crippen molar-refractivity contribution in [3.8, 4) is 0 Å². The largest absolute Gasteiger partial charge is 0.370 e. The molecular formula is C15H25IN4. The van der Waals surface area contributed by atoms with Gasteiger partial charge in [-0.05, 0) is 38.4 Å². The SMILES string of the molecule is CN=C(N)NCC(c1ccc(C)cc1)N1CCCC1.I. The molecule has 1 saturated heterocycles. The van der Waals surface area contributed by atoms with Crippen molar-refractivity contribution in [3.63, 3.8) is 0 Å². The zero-order valence-corrected chi connectivity index (χ0v) is 14.6. The molecule has 4 nitrogen and oxygen atoms in total. The summed E-state index contributed by atoms with van der Waals surface area (Å²) in [5, 5.41) is 3.21. The molecule has 0 aromatic heterocycles. The smallest absolute Gasteiger partial charge is 0.188 e. The predicted molar refractivity (Wildman–Crippen MR) is 95.7 cm³/mol. The third-order valence-corrected chi connectivity index (χ3v) is 3.76. The number of hydrogen-bond donors (Lipinski definition) is 2. The number of halogens is 1. The van der Waals surface area contributed by atoms with Crippen LogP contribution in [0.5, 0.6) is 0 Å². The van der Waals surface area contributed by atoms with E-state index in [-0.39, 0.29) is 24.0 Å². The van der Waals surface area contributed by atoms with Crippen LogP contribution in [-0.2, 0) is 0 Å². The number of hydrogen-bond acceptors (Lipinski definition) is 2. The number of rotatable bonds is 4. The Balaban J connectivity index is 0.00000200. The molecular weight excluding hydrogens is 363 g/mol. The van der Waals surface area contributed by atoms with Gasteiger partial charge in [0.25, 0.3) is 0 Å². The Hall–Kier alpha value is -0.820. The summed E-state index contributed by atoms with van der Waals surface area (Å²) in [6, 6.07) is 9.17. The predicted octanol–water partition coefficient (Wildman–Crippen LogP) is 2.28. The minimum absolute atomic E-state index is 0. The fraction of sp³-hybridized carbons (Fsp3) is 0.533. The molecule has 5 heteroatoms. The maximum absolute atomic E-state index is 5.74. The van der Waals surface area contributed by atoms with Crippen LogP contribution in [0.1, 0.15) is 30.0 Å². The van der Waals surface area contributed by atoms with Crippen molar-refractivity contribution in [3.05, 3.63) is 35.4 Å². The maximum atomic E-state index is 5.74. The lowest BCUT2D eigenvalue weighted by Gasteiger charge is -2.28. The molecule has 112 valence electrons. The zero-order valence-electron chi connectivity index (χ0n) is 12.3. The average molecular weight is 388 g/mol. The Kier molecular flexibility index (Phi) is 7.29. The molecule has 1 atom stereocenters. The highest BCUT2D eigenvalue weighted by Crippen LogP contribution is 2.24. The van der Waals surface area contributed by atoms with Crippen molar-refractivity contribution in [2.75, 3.05) is 26.7 Å². The van der Waals surface area contributed by atoms with Crippen molar-refractivity contribution in [2.45, 2.75) is 25.8 Å². The van der Waals surface area contributed by atoms with Crippen LogP contribution >= 0.6 is 24.0 Å². The third kappa shape index (κ3) is 4.63. The third-order valence-electron chi connectivity index (χ3n) is 3.76. The van der Waals surface area contributed by atoms with Crippen molar-refractivity contribution >= 4 is 29.9 Å². The quantitative estimate of drug-likeness (QED) is 0.473. The van der Waals surface area contributed by atoms with Crippen LogP contribution in [0, 0.1) is 6.92 Å². The molecule has 1 unspecified atom stereocenters. The van der Waals surface area contributed by atoms with Crippen molar-refractivity contribution in [1.82, 2.24) is 10.2 Å². The average Bonchev–Trinajstić information content (AvgIpc) is 2.94. The van der Waals surface area contributed by atoms with Gasteiger partial charge in [0.1, 0.15) is 0 Å². The summed E-state index contributed by atoms with van der Waals surface area (Å²) >= 11 is 0. The molecule has 0 spiro atoms. The van der Waals surface area contributed by atoms with E-state index in [2.05, 4.69) is 46.4 Å². The van der Waals surface area contributed by atoms with Crippen LogP contribution in [0.25, 0.3) is 0 Å². The van der Waals surface area contributed by atoms with Gasteiger partial charge < -0.3 is 11.1 Å². The monoisotopic (exact) mass is 388 g/mol. The molecule has 0 amide bonds. The van der Waals surface area contributed by atoms with Crippen LogP contribution in [0.15, 0.2) is 29.3 Å². The molecule has 1 heterocycles. The van der Waals surface area contributed by atoms with Gasteiger partial charge in [-0.2, -0.15) is 0 Å². The first-order valence-corrected chi connectivity index (χ1v) is 6.97. The van der Waals surface area contributed by atoms with Gasteiger partial charge in [-0.15, -0.1) is 24.0 Å². The van der Waals surface area contributed by atoms with Gasteiger partial charge in [0.05, 0.1) is 6.04 Å². The molecule has 1 aromatic rings. The van der Waals surface area contributed by atoms with E-state index in [9.17, 15) is 0 Å². The number of likely N-dealkylation sites (tertiary alicyclic amines) is 1. The van der Waals surface area contributed by atoms with E-state index in [4.69, 9.17) is 5.73 Å². The minimum atomic E-state index is 0. The van der Waals surface area contributed by atoms with Crippen molar-refractivity contribution < 1.29 is 0 Å². The second kappa shape index (κ2) is 8.46. The van der Waals surface area contributed by atoms with E-state index in [1.807, 2.05) is 0 Å². The number of nitrogens with zero attached hydrogens (tertiary/aromatic N) is 2. The Morgan fingerprint density at radius 2 is 1.90 bits per heavy atom. The summed E-state index contributed by atoms with van der Waals surface area (Å²) in [4.78, 5) is 6.49. The van der Waals surface area contributed by atoms with E-state index in [1.54, 1.807) is 7.05 Å². The number of guanidine groups is 1. The molecule has 20 heavy (non-hydrogen) atoms. The minimum Gasteiger partial charge on any atom is -0.370 e. The molecule has 0 saturated carbocycles. The lowest BCUT2D eigenvalue weighted by molar-refractivity contribution is 0.245. The first-order chi connectivity index (χ1) is 9.20. The van der Waals surface area contributed by atoms with Crippen molar-refractivity contribution in [2.24, 2.45) is 10.7 Å². The molecule has 1 aliphatic rings. The molecule has 3 N–H and O–H groups in total. The second-order valence-electron chi connectivity index (χ2n) is 5.16. The molecule has 1 aromatic carbocycles. The summed E-state index contributed by atoms with van der Waals surface area (Å²) in [5.41, 5.74) is 8.39. The summed E-state index contributed by atoms with van der Waals surface area (Å²) in [7, 11) is 1.71. The van der Waals surface area contributed by atoms with Gasteiger partial charge in [-0.1, -0.05) is 29.8 Å². The number of benzene rings is 1.